The van der Waals surface area contributed by atoms with Gasteiger partial charge in [0.05, 0.1) is 24.3 Å². The van der Waals surface area contributed by atoms with Crippen molar-refractivity contribution >= 4 is 11.7 Å². The second-order valence-electron chi connectivity index (χ2n) is 5.07. The van der Waals surface area contributed by atoms with Crippen LogP contribution >= 0.6 is 0 Å². The number of hydrogen-bond donors (Lipinski definition) is 2. The first kappa shape index (κ1) is 15.8. The average Bonchev–Trinajstić information content (AvgIpc) is 2.42. The fourth-order valence-corrected chi connectivity index (χ4v) is 1.97. The summed E-state index contributed by atoms with van der Waals surface area (Å²) in [6.07, 6.45) is 0.591. The number of nitriles is 1. The summed E-state index contributed by atoms with van der Waals surface area (Å²) in [6, 6.07) is 7.13. The van der Waals surface area contributed by atoms with E-state index in [2.05, 4.69) is 11.4 Å². The highest BCUT2D eigenvalue weighted by molar-refractivity contribution is 5.71. The minimum Gasteiger partial charge on any atom is -0.497 e. The first-order valence-electron chi connectivity index (χ1n) is 6.52. The number of carbonyl (C=O) groups is 1. The second-order valence-corrected chi connectivity index (χ2v) is 5.07. The van der Waals surface area contributed by atoms with E-state index in [0.29, 0.717) is 29.3 Å². The van der Waals surface area contributed by atoms with Crippen LogP contribution in [0.15, 0.2) is 18.2 Å². The highest BCUT2D eigenvalue weighted by atomic mass is 16.5. The van der Waals surface area contributed by atoms with Crippen LogP contribution in [0.2, 0.25) is 0 Å². The van der Waals surface area contributed by atoms with E-state index < -0.39 is 11.9 Å². The fourth-order valence-electron chi connectivity index (χ4n) is 1.97. The Kier molecular flexibility index (Phi) is 5.85. The van der Waals surface area contributed by atoms with Crippen LogP contribution in [0.25, 0.3) is 0 Å². The molecule has 1 atom stereocenters. The standard InChI is InChI=1S/C15H20N2O3/c1-10(2)6-12(15(18)19)9-17-14-7-13(20-3)5-4-11(14)8-16/h4-5,7,10,12,17H,6,9H2,1-3H3,(H,18,19). The predicted molar refractivity (Wildman–Crippen MR) is 76.8 cm³/mol. The summed E-state index contributed by atoms with van der Waals surface area (Å²) < 4.78 is 5.11. The van der Waals surface area contributed by atoms with Crippen LogP contribution in [0, 0.1) is 23.2 Å². The van der Waals surface area contributed by atoms with Crippen molar-refractivity contribution in [3.05, 3.63) is 23.8 Å². The number of methoxy groups -OCH3 is 1. The molecule has 0 aliphatic heterocycles. The van der Waals surface area contributed by atoms with Gasteiger partial charge in [-0.1, -0.05) is 13.8 Å². The molecule has 20 heavy (non-hydrogen) atoms. The number of carboxylic acid groups (broad SMARTS) is 1. The van der Waals surface area contributed by atoms with Crippen LogP contribution in [-0.2, 0) is 4.79 Å². The van der Waals surface area contributed by atoms with E-state index in [1.54, 1.807) is 25.3 Å². The second kappa shape index (κ2) is 7.39. The number of hydrogen-bond acceptors (Lipinski definition) is 4. The molecule has 1 unspecified atom stereocenters. The van der Waals surface area contributed by atoms with Crippen LogP contribution in [0.3, 0.4) is 0 Å². The third kappa shape index (κ3) is 4.47. The summed E-state index contributed by atoms with van der Waals surface area (Å²) in [7, 11) is 1.55. The van der Waals surface area contributed by atoms with Crippen LogP contribution in [0.5, 0.6) is 5.75 Å². The molecule has 0 aliphatic rings. The lowest BCUT2D eigenvalue weighted by atomic mass is 9.97. The molecular weight excluding hydrogens is 256 g/mol. The van der Waals surface area contributed by atoms with E-state index in [-0.39, 0.29) is 6.54 Å². The summed E-state index contributed by atoms with van der Waals surface area (Å²) in [6.45, 7) is 4.26. The number of aliphatic carboxylic acids is 1. The Morgan fingerprint density at radius 2 is 2.20 bits per heavy atom. The summed E-state index contributed by atoms with van der Waals surface area (Å²) in [5.74, 6) is -0.374. The lowest BCUT2D eigenvalue weighted by Gasteiger charge is -2.17. The molecule has 0 aliphatic carbocycles. The van der Waals surface area contributed by atoms with E-state index in [1.807, 2.05) is 13.8 Å². The van der Waals surface area contributed by atoms with Crippen molar-refractivity contribution < 1.29 is 14.6 Å². The van der Waals surface area contributed by atoms with Gasteiger partial charge < -0.3 is 15.2 Å². The lowest BCUT2D eigenvalue weighted by Crippen LogP contribution is -2.24. The van der Waals surface area contributed by atoms with Gasteiger partial charge in [0.25, 0.3) is 0 Å². The maximum absolute atomic E-state index is 11.2. The van der Waals surface area contributed by atoms with Gasteiger partial charge in [0.15, 0.2) is 0 Å². The molecule has 0 heterocycles. The van der Waals surface area contributed by atoms with Gasteiger partial charge in [0.1, 0.15) is 11.8 Å². The lowest BCUT2D eigenvalue weighted by molar-refractivity contribution is -0.141. The highest BCUT2D eigenvalue weighted by Crippen LogP contribution is 2.23. The Labute approximate surface area is 119 Å². The van der Waals surface area contributed by atoms with Crippen molar-refractivity contribution in [2.24, 2.45) is 11.8 Å². The van der Waals surface area contributed by atoms with Crippen molar-refractivity contribution in [3.8, 4) is 11.8 Å². The maximum atomic E-state index is 11.2. The largest absolute Gasteiger partial charge is 0.497 e. The first-order chi connectivity index (χ1) is 9.47. The molecule has 0 fully saturated rings. The van der Waals surface area contributed by atoms with Crippen LogP contribution < -0.4 is 10.1 Å². The number of anilines is 1. The summed E-state index contributed by atoms with van der Waals surface area (Å²) in [4.78, 5) is 11.2. The number of rotatable bonds is 7. The van der Waals surface area contributed by atoms with Gasteiger partial charge in [-0.15, -0.1) is 0 Å². The van der Waals surface area contributed by atoms with E-state index >= 15 is 0 Å². The molecule has 1 aromatic carbocycles. The number of ether oxygens (including phenoxy) is 1. The Bertz CT molecular complexity index is 506. The molecule has 2 N–H and O–H groups in total. The topological polar surface area (TPSA) is 82.3 Å². The van der Waals surface area contributed by atoms with Gasteiger partial charge in [-0.3, -0.25) is 4.79 Å². The highest BCUT2D eigenvalue weighted by Gasteiger charge is 2.19. The molecule has 1 rings (SSSR count). The smallest absolute Gasteiger partial charge is 0.308 e. The van der Waals surface area contributed by atoms with Crippen LogP contribution in [0.4, 0.5) is 5.69 Å². The van der Waals surface area contributed by atoms with Gasteiger partial charge in [-0.2, -0.15) is 5.26 Å². The Morgan fingerprint density at radius 3 is 2.70 bits per heavy atom. The zero-order valence-corrected chi connectivity index (χ0v) is 12.0. The minimum atomic E-state index is -0.826. The molecule has 0 amide bonds. The Morgan fingerprint density at radius 1 is 1.50 bits per heavy atom. The minimum absolute atomic E-state index is 0.287. The summed E-state index contributed by atoms with van der Waals surface area (Å²) in [5.41, 5.74) is 1.07. The quantitative estimate of drug-likeness (QED) is 0.800. The van der Waals surface area contributed by atoms with Crippen LogP contribution in [-0.4, -0.2) is 24.7 Å². The number of nitrogens with one attached hydrogen (secondary N) is 1. The van der Waals surface area contributed by atoms with Gasteiger partial charge >= 0.3 is 5.97 Å². The van der Waals surface area contributed by atoms with Gasteiger partial charge in [0, 0.05) is 12.6 Å². The molecule has 0 bridgehead atoms. The average molecular weight is 276 g/mol. The third-order valence-electron chi connectivity index (χ3n) is 2.99. The molecule has 0 saturated carbocycles. The number of benzene rings is 1. The van der Waals surface area contributed by atoms with Crippen LogP contribution in [0.1, 0.15) is 25.8 Å². The Hall–Kier alpha value is -2.22. The molecule has 5 heteroatoms. The molecule has 5 nitrogen and oxygen atoms in total. The van der Waals surface area contributed by atoms with E-state index in [1.165, 1.54) is 0 Å². The fraction of sp³-hybridized carbons (Fsp3) is 0.467. The van der Waals surface area contributed by atoms with Gasteiger partial charge in [-0.05, 0) is 24.5 Å². The molecule has 0 aromatic heterocycles. The normalized spacial score (nSPS) is 11.8. The SMILES string of the molecule is COc1ccc(C#N)c(NCC(CC(C)C)C(=O)O)c1. The summed E-state index contributed by atoms with van der Waals surface area (Å²) >= 11 is 0. The first-order valence-corrected chi connectivity index (χ1v) is 6.52. The van der Waals surface area contributed by atoms with Gasteiger partial charge in [0.2, 0.25) is 0 Å². The molecule has 1 aromatic rings. The molecule has 0 radical (unpaired) electrons. The van der Waals surface area contributed by atoms with Crippen molar-refractivity contribution in [1.29, 1.82) is 5.26 Å². The Balaban J connectivity index is 2.81. The van der Waals surface area contributed by atoms with Gasteiger partial charge in [-0.25, -0.2) is 0 Å². The van der Waals surface area contributed by atoms with E-state index in [9.17, 15) is 9.90 Å². The monoisotopic (exact) mass is 276 g/mol. The van der Waals surface area contributed by atoms with Crippen molar-refractivity contribution in [3.63, 3.8) is 0 Å². The van der Waals surface area contributed by atoms with Crippen molar-refractivity contribution in [1.82, 2.24) is 0 Å². The molecular formula is C15H20N2O3. The number of carboxylic acids is 1. The third-order valence-corrected chi connectivity index (χ3v) is 2.99. The molecule has 108 valence electrons. The molecule has 0 saturated heterocycles. The maximum Gasteiger partial charge on any atom is 0.308 e. The zero-order valence-electron chi connectivity index (χ0n) is 12.0. The predicted octanol–water partition coefficient (Wildman–Crippen LogP) is 2.73. The van der Waals surface area contributed by atoms with Crippen molar-refractivity contribution in [2.75, 3.05) is 19.0 Å². The number of nitrogens with zero attached hydrogens (tertiary/aromatic N) is 1. The summed E-state index contributed by atoms with van der Waals surface area (Å²) in [5, 5.41) is 21.3. The van der Waals surface area contributed by atoms with Crippen molar-refractivity contribution in [2.45, 2.75) is 20.3 Å². The molecule has 0 spiro atoms. The zero-order chi connectivity index (χ0) is 15.1. The van der Waals surface area contributed by atoms with E-state index in [0.717, 1.165) is 0 Å². The van der Waals surface area contributed by atoms with E-state index in [4.69, 9.17) is 10.00 Å².